The molecule has 11 heteroatoms. The van der Waals surface area contributed by atoms with Crippen LogP contribution in [0, 0.1) is 5.82 Å². The molecule has 0 unspecified atom stereocenters. The number of nitrogens with one attached hydrogen (secondary N) is 2. The minimum Gasteiger partial charge on any atom is -0.338 e. The number of hydrogen-bond donors (Lipinski definition) is 2. The molecule has 3 heterocycles. The molecule has 0 radical (unpaired) electrons. The Bertz CT molecular complexity index is 1420. The number of urea groups is 1. The molecular formula is C28H29Cl2FN6O2. The van der Waals surface area contributed by atoms with E-state index in [0.29, 0.717) is 33.5 Å². The summed E-state index contributed by atoms with van der Waals surface area (Å²) in [5, 5.41) is 10.3. The molecule has 0 bridgehead atoms. The van der Waals surface area contributed by atoms with Crippen LogP contribution in [-0.4, -0.2) is 57.8 Å². The van der Waals surface area contributed by atoms with Crippen molar-refractivity contribution < 1.29 is 14.0 Å². The smallest absolute Gasteiger partial charge is 0.317 e. The third-order valence-electron chi connectivity index (χ3n) is 6.79. The van der Waals surface area contributed by atoms with Crippen molar-refractivity contribution in [3.05, 3.63) is 80.8 Å². The van der Waals surface area contributed by atoms with E-state index >= 15 is 0 Å². The highest BCUT2D eigenvalue weighted by molar-refractivity contribution is 6.35. The minimum absolute atomic E-state index is 0.176. The van der Waals surface area contributed by atoms with Gasteiger partial charge in [0.2, 0.25) is 0 Å². The lowest BCUT2D eigenvalue weighted by Gasteiger charge is -2.30. The number of hydrazine groups is 1. The Morgan fingerprint density at radius 2 is 1.79 bits per heavy atom. The summed E-state index contributed by atoms with van der Waals surface area (Å²) in [6, 6.07) is 10.9. The van der Waals surface area contributed by atoms with Gasteiger partial charge in [0.1, 0.15) is 5.82 Å². The molecule has 39 heavy (non-hydrogen) atoms. The van der Waals surface area contributed by atoms with Crippen LogP contribution in [0.25, 0.3) is 17.3 Å². The number of hydrogen-bond acceptors (Lipinski definition) is 4. The van der Waals surface area contributed by atoms with Gasteiger partial charge in [-0.3, -0.25) is 10.2 Å². The number of benzene rings is 2. The van der Waals surface area contributed by atoms with Crippen molar-refractivity contribution in [1.29, 1.82) is 0 Å². The molecule has 2 aromatic carbocycles. The first-order valence-corrected chi connectivity index (χ1v) is 13.7. The van der Waals surface area contributed by atoms with Crippen LogP contribution >= 0.6 is 23.2 Å². The SMILES string of the molecule is CCNC(=O)N1C/C(=C\c2ccc(F)cc2)c2c(c(C(=O)NN3CCCCC3)nn2-c2ccc(Cl)cc2Cl)C1. The minimum atomic E-state index is -0.351. The van der Waals surface area contributed by atoms with Gasteiger partial charge in [-0.05, 0) is 67.3 Å². The van der Waals surface area contributed by atoms with Crippen LogP contribution < -0.4 is 10.7 Å². The number of carbonyl (C=O) groups excluding carboxylic acids is 2. The first kappa shape index (κ1) is 27.2. The number of rotatable bonds is 5. The number of aromatic nitrogens is 2. The molecule has 1 saturated heterocycles. The van der Waals surface area contributed by atoms with Crippen LogP contribution in [-0.2, 0) is 6.54 Å². The van der Waals surface area contributed by atoms with E-state index in [1.165, 1.54) is 12.1 Å². The Morgan fingerprint density at radius 1 is 1.05 bits per heavy atom. The van der Waals surface area contributed by atoms with Gasteiger partial charge < -0.3 is 10.2 Å². The normalized spacial score (nSPS) is 16.7. The zero-order chi connectivity index (χ0) is 27.5. The molecule has 2 aliphatic rings. The lowest BCUT2D eigenvalue weighted by atomic mass is 9.97. The molecular weight excluding hydrogens is 542 g/mol. The van der Waals surface area contributed by atoms with Crippen molar-refractivity contribution >= 4 is 46.8 Å². The first-order chi connectivity index (χ1) is 18.8. The van der Waals surface area contributed by atoms with Crippen LogP contribution in [0.15, 0.2) is 42.5 Å². The molecule has 0 atom stereocenters. The van der Waals surface area contributed by atoms with Crippen LogP contribution in [0.2, 0.25) is 10.0 Å². The second kappa shape index (κ2) is 11.8. The number of halogens is 3. The molecule has 1 fully saturated rings. The molecule has 8 nitrogen and oxygen atoms in total. The molecule has 1 aromatic heterocycles. The zero-order valence-corrected chi connectivity index (χ0v) is 23.0. The van der Waals surface area contributed by atoms with Crippen LogP contribution in [0.3, 0.4) is 0 Å². The molecule has 3 amide bonds. The highest BCUT2D eigenvalue weighted by Gasteiger charge is 2.34. The molecule has 3 aromatic rings. The van der Waals surface area contributed by atoms with Crippen molar-refractivity contribution in [2.24, 2.45) is 0 Å². The van der Waals surface area contributed by atoms with E-state index in [0.717, 1.165) is 43.5 Å². The van der Waals surface area contributed by atoms with Gasteiger partial charge in [-0.15, -0.1) is 0 Å². The van der Waals surface area contributed by atoms with Crippen molar-refractivity contribution in [3.63, 3.8) is 0 Å². The fourth-order valence-corrected chi connectivity index (χ4v) is 5.44. The molecule has 0 saturated carbocycles. The van der Waals surface area contributed by atoms with Gasteiger partial charge >= 0.3 is 6.03 Å². The van der Waals surface area contributed by atoms with E-state index in [4.69, 9.17) is 28.3 Å². The molecule has 2 aliphatic heterocycles. The molecule has 204 valence electrons. The highest BCUT2D eigenvalue weighted by atomic mass is 35.5. The Hall–Kier alpha value is -3.40. The van der Waals surface area contributed by atoms with Gasteiger partial charge in [0.05, 0.1) is 22.9 Å². The predicted octanol–water partition coefficient (Wildman–Crippen LogP) is 5.53. The lowest BCUT2D eigenvalue weighted by molar-refractivity contribution is 0.0742. The summed E-state index contributed by atoms with van der Waals surface area (Å²) >= 11 is 12.8. The van der Waals surface area contributed by atoms with Gasteiger partial charge in [-0.25, -0.2) is 18.9 Å². The van der Waals surface area contributed by atoms with E-state index < -0.39 is 0 Å². The third-order valence-corrected chi connectivity index (χ3v) is 7.33. The van der Waals surface area contributed by atoms with Gasteiger partial charge in [0, 0.05) is 36.8 Å². The number of piperidine rings is 1. The van der Waals surface area contributed by atoms with Crippen LogP contribution in [0.1, 0.15) is 53.5 Å². The Balaban J connectivity index is 1.67. The van der Waals surface area contributed by atoms with E-state index in [1.807, 2.05) is 18.0 Å². The lowest BCUT2D eigenvalue weighted by Crippen LogP contribution is -2.46. The topological polar surface area (TPSA) is 82.5 Å². The maximum absolute atomic E-state index is 13.6. The Morgan fingerprint density at radius 3 is 2.49 bits per heavy atom. The summed E-state index contributed by atoms with van der Waals surface area (Å²) in [4.78, 5) is 28.2. The Labute approximate surface area is 236 Å². The molecule has 5 rings (SSSR count). The highest BCUT2D eigenvalue weighted by Crippen LogP contribution is 2.36. The molecule has 2 N–H and O–H groups in total. The zero-order valence-electron chi connectivity index (χ0n) is 21.5. The second-order valence-corrected chi connectivity index (χ2v) is 10.4. The summed E-state index contributed by atoms with van der Waals surface area (Å²) in [6.07, 6.45) is 5.01. The van der Waals surface area contributed by atoms with Crippen molar-refractivity contribution in [3.8, 4) is 5.69 Å². The van der Waals surface area contributed by atoms with Gasteiger partial charge in [-0.1, -0.05) is 41.8 Å². The maximum Gasteiger partial charge on any atom is 0.317 e. The average molecular weight is 571 g/mol. The van der Waals surface area contributed by atoms with E-state index in [2.05, 4.69) is 10.7 Å². The van der Waals surface area contributed by atoms with Crippen molar-refractivity contribution in [2.45, 2.75) is 32.7 Å². The largest absolute Gasteiger partial charge is 0.338 e. The van der Waals surface area contributed by atoms with Crippen molar-refractivity contribution in [2.75, 3.05) is 26.2 Å². The van der Waals surface area contributed by atoms with Gasteiger partial charge in [0.25, 0.3) is 5.91 Å². The summed E-state index contributed by atoms with van der Waals surface area (Å²) in [6.45, 7) is 4.26. The summed E-state index contributed by atoms with van der Waals surface area (Å²) in [5.41, 5.74) is 6.48. The average Bonchev–Trinajstić information content (AvgIpc) is 3.30. The monoisotopic (exact) mass is 570 g/mol. The second-order valence-electron chi connectivity index (χ2n) is 9.58. The summed E-state index contributed by atoms with van der Waals surface area (Å²) in [7, 11) is 0. The van der Waals surface area contributed by atoms with E-state index in [-0.39, 0.29) is 36.5 Å². The van der Waals surface area contributed by atoms with E-state index in [1.54, 1.807) is 39.9 Å². The molecule has 0 aliphatic carbocycles. The molecule has 0 spiro atoms. The fourth-order valence-electron chi connectivity index (χ4n) is 4.95. The summed E-state index contributed by atoms with van der Waals surface area (Å²) in [5.74, 6) is -0.698. The quantitative estimate of drug-likeness (QED) is 0.422. The maximum atomic E-state index is 13.6. The fraction of sp³-hybridized carbons (Fsp3) is 0.321. The number of fused-ring (bicyclic) bond motifs is 1. The van der Waals surface area contributed by atoms with Crippen molar-refractivity contribution in [1.82, 2.24) is 30.4 Å². The van der Waals surface area contributed by atoms with Crippen LogP contribution in [0.4, 0.5) is 9.18 Å². The van der Waals surface area contributed by atoms with Gasteiger partial charge in [-0.2, -0.15) is 5.10 Å². The van der Waals surface area contributed by atoms with E-state index in [9.17, 15) is 14.0 Å². The Kier molecular flexibility index (Phi) is 8.20. The number of nitrogens with zero attached hydrogens (tertiary/aromatic N) is 4. The standard InChI is InChI=1S/C28H29Cl2FN6O2/c1-2-32-28(39)35-16-19(14-18-6-9-21(31)10-7-18)26-22(17-35)25(27(38)34-36-12-4-3-5-13-36)33-37(26)24-11-8-20(29)15-23(24)30/h6-11,14-15H,2-5,12-13,16-17H2,1H3,(H,32,39)(H,34,38)/b19-14+. The predicted molar refractivity (Wildman–Crippen MR) is 150 cm³/mol. The summed E-state index contributed by atoms with van der Waals surface area (Å²) < 4.78 is 15.3. The third kappa shape index (κ3) is 5.95. The number of amides is 3. The van der Waals surface area contributed by atoms with Gasteiger partial charge in [0.15, 0.2) is 5.69 Å². The first-order valence-electron chi connectivity index (χ1n) is 13.0. The number of carbonyl (C=O) groups is 2. The van der Waals surface area contributed by atoms with Crippen LogP contribution in [0.5, 0.6) is 0 Å².